The minimum Gasteiger partial charge on any atom is -0.463 e. The van der Waals surface area contributed by atoms with Gasteiger partial charge in [0.2, 0.25) is 0 Å². The average molecular weight is 811 g/mol. The van der Waals surface area contributed by atoms with E-state index < -0.39 is 53.3 Å². The molecule has 58 heavy (non-hydrogen) atoms. The van der Waals surface area contributed by atoms with Crippen molar-refractivity contribution in [3.8, 4) is 11.3 Å². The van der Waals surface area contributed by atoms with Crippen LogP contribution in [-0.4, -0.2) is 81.6 Å². The predicted molar refractivity (Wildman–Crippen MR) is 213 cm³/mol. The molecule has 16 nitrogen and oxygen atoms in total. The molecule has 1 amide bonds. The van der Waals surface area contributed by atoms with E-state index in [4.69, 9.17) is 9.47 Å². The fraction of sp³-hybridized carbons (Fsp3) is 0.415. The first-order valence-electron chi connectivity index (χ1n) is 18.8. The van der Waals surface area contributed by atoms with Crippen LogP contribution in [0.5, 0.6) is 0 Å². The first kappa shape index (κ1) is 46.5. The Bertz CT molecular complexity index is 1880. The van der Waals surface area contributed by atoms with Gasteiger partial charge in [-0.25, -0.2) is 4.39 Å². The van der Waals surface area contributed by atoms with Gasteiger partial charge in [-0.3, -0.25) is 9.59 Å². The van der Waals surface area contributed by atoms with Gasteiger partial charge in [-0.1, -0.05) is 62.9 Å². The van der Waals surface area contributed by atoms with E-state index in [9.17, 15) is 44.4 Å². The average Bonchev–Trinajstić information content (AvgIpc) is 3.51. The number of benzene rings is 2. The highest BCUT2D eigenvalue weighted by molar-refractivity contribution is 6.11. The third kappa shape index (κ3) is 14.9. The van der Waals surface area contributed by atoms with Crippen molar-refractivity contribution in [2.24, 2.45) is 0 Å². The molecule has 17 heteroatoms. The summed E-state index contributed by atoms with van der Waals surface area (Å²) in [5.41, 5.74) is 4.08. The van der Waals surface area contributed by atoms with Crippen molar-refractivity contribution in [2.45, 2.75) is 83.6 Å². The highest BCUT2D eigenvalue weighted by atomic mass is 19.1. The van der Waals surface area contributed by atoms with E-state index in [1.165, 1.54) is 12.1 Å². The summed E-state index contributed by atoms with van der Waals surface area (Å²) in [5.74, 6) is -1.93. The van der Waals surface area contributed by atoms with Gasteiger partial charge in [-0.05, 0) is 79.6 Å². The van der Waals surface area contributed by atoms with Crippen LogP contribution >= 0.6 is 0 Å². The molecule has 1 aromatic heterocycles. The summed E-state index contributed by atoms with van der Waals surface area (Å²) in [6.07, 6.45) is 2.92. The van der Waals surface area contributed by atoms with Gasteiger partial charge in [-0.2, -0.15) is 0 Å². The van der Waals surface area contributed by atoms with Crippen LogP contribution in [0.15, 0.2) is 85.5 Å². The number of para-hydroxylation sites is 1. The zero-order chi connectivity index (χ0) is 42.6. The highest BCUT2D eigenvalue weighted by Crippen LogP contribution is 2.41. The van der Waals surface area contributed by atoms with Gasteiger partial charge in [-0.15, -0.1) is 20.2 Å². The number of nitrogens with one attached hydrogen (secondary N) is 1. The fourth-order valence-corrected chi connectivity index (χ4v) is 6.27. The Morgan fingerprint density at radius 1 is 0.966 bits per heavy atom. The molecule has 0 fully saturated rings. The van der Waals surface area contributed by atoms with Crippen LogP contribution in [0.4, 0.5) is 10.1 Å². The van der Waals surface area contributed by atoms with Gasteiger partial charge in [0, 0.05) is 43.1 Å². The van der Waals surface area contributed by atoms with E-state index in [2.05, 4.69) is 21.6 Å². The number of amides is 1. The van der Waals surface area contributed by atoms with Crippen LogP contribution in [0.3, 0.4) is 0 Å². The molecule has 2 aromatic carbocycles. The maximum Gasteiger partial charge on any atom is 0.308 e. The summed E-state index contributed by atoms with van der Waals surface area (Å²) in [6, 6.07) is 14.9. The van der Waals surface area contributed by atoms with E-state index in [-0.39, 0.29) is 63.9 Å². The number of hydrogen-bond donors (Lipinski definition) is 3. The summed E-state index contributed by atoms with van der Waals surface area (Å²) in [4.78, 5) is 56.8. The molecule has 0 aliphatic heterocycles. The number of carbonyl (C=O) groups excluding carboxylic acids is 2. The summed E-state index contributed by atoms with van der Waals surface area (Å²) < 4.78 is 26.6. The molecular weight excluding hydrogens is 759 g/mol. The number of aromatic nitrogens is 1. The number of hydrogen-bond acceptors (Lipinski definition) is 12. The number of anilines is 1. The van der Waals surface area contributed by atoms with E-state index in [1.54, 1.807) is 48.6 Å². The zero-order valence-electron chi connectivity index (χ0n) is 32.8. The molecular formula is C41H51FN4O12. The monoisotopic (exact) mass is 810 g/mol. The zero-order valence-corrected chi connectivity index (χ0v) is 32.8. The Morgan fingerprint density at radius 3 is 2.29 bits per heavy atom. The number of allylic oxidation sites excluding steroid dienone is 5. The molecule has 1 heterocycles. The van der Waals surface area contributed by atoms with Crippen LogP contribution in [0.2, 0.25) is 0 Å². The number of rotatable bonds is 26. The summed E-state index contributed by atoms with van der Waals surface area (Å²) >= 11 is 0. The smallest absolute Gasteiger partial charge is 0.308 e. The van der Waals surface area contributed by atoms with Crippen LogP contribution in [-0.2, 0) is 30.5 Å². The summed E-state index contributed by atoms with van der Waals surface area (Å²) in [5, 5.41) is 44.1. The molecule has 3 N–H and O–H groups in total. The minimum atomic E-state index is -1.34. The van der Waals surface area contributed by atoms with Crippen molar-refractivity contribution < 1.29 is 53.5 Å². The third-order valence-corrected chi connectivity index (χ3v) is 8.67. The van der Waals surface area contributed by atoms with Gasteiger partial charge in [0.05, 0.1) is 36.5 Å². The van der Waals surface area contributed by atoms with E-state index in [1.807, 2.05) is 43.6 Å². The largest absolute Gasteiger partial charge is 0.463 e. The van der Waals surface area contributed by atoms with E-state index >= 15 is 0 Å². The topological polar surface area (TPSA) is 215 Å². The molecule has 314 valence electrons. The summed E-state index contributed by atoms with van der Waals surface area (Å²) in [6.45, 7) is 9.11. The van der Waals surface area contributed by atoms with Crippen LogP contribution in [0.25, 0.3) is 16.8 Å². The van der Waals surface area contributed by atoms with Gasteiger partial charge in [0.25, 0.3) is 16.1 Å². The number of carbonyl (C=O) groups is 2. The van der Waals surface area contributed by atoms with Crippen molar-refractivity contribution in [1.29, 1.82) is 0 Å². The van der Waals surface area contributed by atoms with Gasteiger partial charge < -0.3 is 39.2 Å². The lowest BCUT2D eigenvalue weighted by atomic mass is 9.93. The molecule has 3 aromatic rings. The molecule has 0 aliphatic rings. The molecule has 0 bridgehead atoms. The maximum atomic E-state index is 14.3. The van der Waals surface area contributed by atoms with Crippen LogP contribution in [0, 0.1) is 26.0 Å². The molecule has 3 atom stereocenters. The number of nitrogens with zero attached hydrogens (tertiary/aromatic N) is 3. The van der Waals surface area contributed by atoms with Crippen molar-refractivity contribution in [2.75, 3.05) is 31.7 Å². The summed E-state index contributed by atoms with van der Waals surface area (Å²) in [7, 11) is 0. The Balaban J connectivity index is 1.82. The molecule has 0 radical (unpaired) electrons. The number of aliphatic hydroxyl groups excluding tert-OH is 2. The lowest BCUT2D eigenvalue weighted by Gasteiger charge is -2.20. The number of aliphatic hydroxyl groups is 2. The van der Waals surface area contributed by atoms with E-state index in [0.717, 1.165) is 0 Å². The third-order valence-electron chi connectivity index (χ3n) is 8.67. The number of ether oxygens (including phenoxy) is 2. The lowest BCUT2D eigenvalue weighted by molar-refractivity contribution is -0.769. The number of esters is 1. The Hall–Kier alpha value is -5.91. The van der Waals surface area contributed by atoms with E-state index in [0.29, 0.717) is 39.3 Å². The second-order valence-corrected chi connectivity index (χ2v) is 13.5. The second kappa shape index (κ2) is 24.0. The lowest BCUT2D eigenvalue weighted by Crippen LogP contribution is -2.28. The first-order valence-corrected chi connectivity index (χ1v) is 18.8. The molecule has 0 saturated heterocycles. The number of halogens is 1. The first-order chi connectivity index (χ1) is 27.7. The molecule has 1 unspecified atom stereocenters. The Kier molecular flexibility index (Phi) is 19.2. The quantitative estimate of drug-likeness (QED) is 0.0250. The molecule has 0 aliphatic carbocycles. The van der Waals surface area contributed by atoms with Crippen LogP contribution < -0.4 is 5.32 Å². The standard InChI is InChI=1S/C41H51FN4O12/c1-5-11-29(12-6-2)37-38(41(50)43-32-13-8-7-9-14-32)39(28(3)4)44(40(37)30-15-17-31(42)18-16-30)21-19-33(47)25-34(48)26-36(49)56-27-35(58-46(53)54)20-24-55-22-10-23-57-45(51)52/h5-9,11-18,28,33-35,47-48H,1,10,19-27H2,2-4H3,(H,43,50)/b12-6-,29-11+/t33-,34-,35?/m1/s1. The molecule has 3 rings (SSSR count). The normalized spacial score (nSPS) is 13.2. The molecule has 0 spiro atoms. The van der Waals surface area contributed by atoms with Crippen molar-refractivity contribution >= 4 is 23.1 Å². The predicted octanol–water partition coefficient (Wildman–Crippen LogP) is 6.83. The van der Waals surface area contributed by atoms with Crippen LogP contribution in [0.1, 0.15) is 80.4 Å². The second-order valence-electron chi connectivity index (χ2n) is 13.5. The Morgan fingerprint density at radius 2 is 1.67 bits per heavy atom. The Labute approximate surface area is 335 Å². The van der Waals surface area contributed by atoms with Gasteiger partial charge in [0.15, 0.2) is 0 Å². The molecule has 0 saturated carbocycles. The minimum absolute atomic E-state index is 0.0338. The maximum absolute atomic E-state index is 14.3. The van der Waals surface area contributed by atoms with Gasteiger partial charge in [0.1, 0.15) is 18.5 Å². The van der Waals surface area contributed by atoms with Gasteiger partial charge >= 0.3 is 5.97 Å². The van der Waals surface area contributed by atoms with Crippen molar-refractivity contribution in [1.82, 2.24) is 4.57 Å². The SMILES string of the molecule is C=C/C=C(\C=C/C)c1c(C(=O)Nc2ccccc2)c(C(C)C)n(CC[C@@H](O)C[C@@H](O)CC(=O)OCC(CCOCCCO[N+](=O)[O-])O[N+](=O)[O-])c1-c1ccc(F)cc1. The highest BCUT2D eigenvalue weighted by Gasteiger charge is 2.31. The fourth-order valence-electron chi connectivity index (χ4n) is 6.27. The van der Waals surface area contributed by atoms with Crippen molar-refractivity contribution in [3.05, 3.63) is 128 Å². The van der Waals surface area contributed by atoms with Crippen molar-refractivity contribution in [3.63, 3.8) is 0 Å².